The number of aryl methyl sites for hydroxylation is 2. The van der Waals surface area contributed by atoms with Gasteiger partial charge in [0.1, 0.15) is 5.82 Å². The Bertz CT molecular complexity index is 1470. The van der Waals surface area contributed by atoms with Crippen LogP contribution in [0.1, 0.15) is 15.9 Å². The first-order valence-corrected chi connectivity index (χ1v) is 11.6. The third-order valence-corrected chi connectivity index (χ3v) is 7.15. The predicted molar refractivity (Wildman–Crippen MR) is 119 cm³/mol. The fourth-order valence-electron chi connectivity index (χ4n) is 3.01. The highest BCUT2D eigenvalue weighted by Gasteiger charge is 2.15. The molecular weight excluding hydrogens is 437 g/mol. The minimum atomic E-state index is -3.79. The number of hydrogen-bond donors (Lipinski definition) is 1. The van der Waals surface area contributed by atoms with Crippen LogP contribution in [0.15, 0.2) is 76.6 Å². The maximum absolute atomic E-state index is 13.5. The lowest BCUT2D eigenvalue weighted by Gasteiger charge is -2.09. The van der Waals surface area contributed by atoms with Crippen LogP contribution >= 0.6 is 11.3 Å². The van der Waals surface area contributed by atoms with Crippen LogP contribution in [0.5, 0.6) is 0 Å². The number of thiazole rings is 1. The number of hydrogen-bond acceptors (Lipinski definition) is 4. The van der Waals surface area contributed by atoms with Gasteiger partial charge in [0.2, 0.25) is 0 Å². The fraction of sp³-hybridized carbons (Fsp3) is 0.0909. The van der Waals surface area contributed by atoms with Crippen LogP contribution in [0.25, 0.3) is 10.2 Å². The minimum absolute atomic E-state index is 0.129. The van der Waals surface area contributed by atoms with Gasteiger partial charge in [-0.05, 0) is 55.5 Å². The molecule has 0 fully saturated rings. The zero-order valence-electron chi connectivity index (χ0n) is 16.7. The largest absolute Gasteiger partial charge is 0.319 e. The Morgan fingerprint density at radius 1 is 1.06 bits per heavy atom. The maximum atomic E-state index is 13.5. The van der Waals surface area contributed by atoms with E-state index in [1.54, 1.807) is 48.0 Å². The first-order valence-electron chi connectivity index (χ1n) is 9.27. The lowest BCUT2D eigenvalue weighted by molar-refractivity contribution is 0.0998. The van der Waals surface area contributed by atoms with E-state index >= 15 is 0 Å². The highest BCUT2D eigenvalue weighted by atomic mass is 32.2. The van der Waals surface area contributed by atoms with Gasteiger partial charge in [0, 0.05) is 18.3 Å². The second kappa shape index (κ2) is 8.09. The molecule has 3 aromatic carbocycles. The van der Waals surface area contributed by atoms with Crippen LogP contribution < -0.4 is 9.52 Å². The third-order valence-electron chi connectivity index (χ3n) is 4.66. The average Bonchev–Trinajstić information content (AvgIpc) is 3.02. The number of fused-ring (bicyclic) bond motifs is 1. The van der Waals surface area contributed by atoms with Crippen LogP contribution in [0.3, 0.4) is 0 Å². The van der Waals surface area contributed by atoms with Gasteiger partial charge < -0.3 is 4.57 Å². The number of nitrogens with one attached hydrogen (secondary N) is 1. The number of carbonyl (C=O) groups excluding carboxylic acids is 1. The number of aromatic nitrogens is 1. The fourth-order valence-corrected chi connectivity index (χ4v) is 5.10. The first kappa shape index (κ1) is 21.0. The Morgan fingerprint density at radius 3 is 2.55 bits per heavy atom. The van der Waals surface area contributed by atoms with Crippen molar-refractivity contribution in [2.45, 2.75) is 11.8 Å². The van der Waals surface area contributed by atoms with Gasteiger partial charge in [0.05, 0.1) is 15.1 Å². The summed E-state index contributed by atoms with van der Waals surface area (Å²) in [4.78, 5) is 17.4. The monoisotopic (exact) mass is 455 g/mol. The summed E-state index contributed by atoms with van der Waals surface area (Å²) < 4.78 is 43.6. The first-order chi connectivity index (χ1) is 14.7. The lowest BCUT2D eigenvalue weighted by Crippen LogP contribution is -2.14. The Labute approximate surface area is 182 Å². The zero-order chi connectivity index (χ0) is 22.2. The normalized spacial score (nSPS) is 12.3. The summed E-state index contributed by atoms with van der Waals surface area (Å²) in [6, 6.07) is 17.0. The zero-order valence-corrected chi connectivity index (χ0v) is 18.3. The van der Waals surface area contributed by atoms with E-state index in [1.807, 2.05) is 6.92 Å². The lowest BCUT2D eigenvalue weighted by atomic mass is 10.2. The number of rotatable bonds is 4. The van der Waals surface area contributed by atoms with Gasteiger partial charge in [0.15, 0.2) is 4.80 Å². The van der Waals surface area contributed by atoms with Crippen molar-refractivity contribution in [1.82, 2.24) is 4.57 Å². The highest BCUT2D eigenvalue weighted by Crippen LogP contribution is 2.20. The summed E-state index contributed by atoms with van der Waals surface area (Å²) in [5, 5.41) is 0. The van der Waals surface area contributed by atoms with E-state index in [1.165, 1.54) is 41.7 Å². The second-order valence-electron chi connectivity index (χ2n) is 6.97. The van der Waals surface area contributed by atoms with Gasteiger partial charge in [-0.1, -0.05) is 35.1 Å². The van der Waals surface area contributed by atoms with Crippen molar-refractivity contribution in [3.8, 4) is 0 Å². The van der Waals surface area contributed by atoms with E-state index < -0.39 is 15.9 Å². The number of benzene rings is 3. The van der Waals surface area contributed by atoms with Gasteiger partial charge in [-0.15, -0.1) is 0 Å². The van der Waals surface area contributed by atoms with Crippen LogP contribution in [-0.2, 0) is 17.1 Å². The Morgan fingerprint density at radius 2 is 1.81 bits per heavy atom. The highest BCUT2D eigenvalue weighted by molar-refractivity contribution is 7.92. The van der Waals surface area contributed by atoms with E-state index in [0.29, 0.717) is 9.50 Å². The van der Waals surface area contributed by atoms with Gasteiger partial charge in [0.25, 0.3) is 15.9 Å². The summed E-state index contributed by atoms with van der Waals surface area (Å²) in [6.45, 7) is 1.87. The molecule has 0 saturated carbocycles. The van der Waals surface area contributed by atoms with Gasteiger partial charge >= 0.3 is 0 Å². The standard InChI is InChI=1S/C22H18FN3O3S2/c1-14-6-9-18(10-7-14)31(28,29)25-17-5-3-4-15(12-17)21(27)24-22-26(2)19-11-8-16(23)13-20(19)30-22/h3-13,25H,1-2H3. The SMILES string of the molecule is Cc1ccc(S(=O)(=O)Nc2cccc(C(=O)N=c3sc4cc(F)ccc4n3C)c2)cc1. The molecule has 0 aliphatic heterocycles. The van der Waals surface area contributed by atoms with E-state index in [4.69, 9.17) is 0 Å². The van der Waals surface area contributed by atoms with Crippen LogP contribution in [0, 0.1) is 12.7 Å². The number of amides is 1. The molecule has 1 amide bonds. The molecule has 1 aromatic heterocycles. The molecule has 0 saturated heterocycles. The molecule has 0 aliphatic rings. The summed E-state index contributed by atoms with van der Waals surface area (Å²) >= 11 is 1.20. The van der Waals surface area contributed by atoms with Crippen molar-refractivity contribution in [3.05, 3.63) is 88.5 Å². The van der Waals surface area contributed by atoms with Crippen molar-refractivity contribution in [2.24, 2.45) is 12.0 Å². The Kier molecular flexibility index (Phi) is 5.47. The summed E-state index contributed by atoms with van der Waals surface area (Å²) in [5.41, 5.74) is 2.19. The minimum Gasteiger partial charge on any atom is -0.319 e. The Hall–Kier alpha value is -3.30. The van der Waals surface area contributed by atoms with Crippen LogP contribution in [-0.4, -0.2) is 18.9 Å². The number of sulfonamides is 1. The quantitative estimate of drug-likeness (QED) is 0.500. The van der Waals surface area contributed by atoms with Gasteiger partial charge in [-0.25, -0.2) is 12.8 Å². The number of anilines is 1. The molecule has 0 bridgehead atoms. The molecule has 4 aromatic rings. The number of halogens is 1. The molecule has 1 heterocycles. The van der Waals surface area contributed by atoms with Gasteiger partial charge in [-0.3, -0.25) is 9.52 Å². The Balaban J connectivity index is 1.64. The molecule has 31 heavy (non-hydrogen) atoms. The average molecular weight is 456 g/mol. The number of nitrogens with zero attached hydrogens (tertiary/aromatic N) is 2. The molecule has 9 heteroatoms. The predicted octanol–water partition coefficient (Wildman–Crippen LogP) is 4.23. The number of carbonyl (C=O) groups is 1. The molecule has 1 N–H and O–H groups in total. The molecule has 158 valence electrons. The van der Waals surface area contributed by atoms with E-state index in [9.17, 15) is 17.6 Å². The van der Waals surface area contributed by atoms with Crippen LogP contribution in [0.4, 0.5) is 10.1 Å². The van der Waals surface area contributed by atoms with Crippen molar-refractivity contribution in [3.63, 3.8) is 0 Å². The molecule has 0 aliphatic carbocycles. The van der Waals surface area contributed by atoms with Crippen molar-refractivity contribution < 1.29 is 17.6 Å². The van der Waals surface area contributed by atoms with Gasteiger partial charge in [-0.2, -0.15) is 4.99 Å². The topological polar surface area (TPSA) is 80.5 Å². The molecule has 0 spiro atoms. The van der Waals surface area contributed by atoms with E-state index in [-0.39, 0.29) is 22.0 Å². The second-order valence-corrected chi connectivity index (χ2v) is 9.66. The van der Waals surface area contributed by atoms with E-state index in [2.05, 4.69) is 9.71 Å². The molecule has 6 nitrogen and oxygen atoms in total. The van der Waals surface area contributed by atoms with Crippen molar-refractivity contribution >= 4 is 43.2 Å². The molecule has 4 rings (SSSR count). The summed E-state index contributed by atoms with van der Waals surface area (Å²) in [5.74, 6) is -0.889. The molecule has 0 unspecified atom stereocenters. The van der Waals surface area contributed by atoms with Crippen molar-refractivity contribution in [2.75, 3.05) is 4.72 Å². The molecular formula is C22H18FN3O3S2. The van der Waals surface area contributed by atoms with E-state index in [0.717, 1.165) is 11.1 Å². The van der Waals surface area contributed by atoms with Crippen LogP contribution in [0.2, 0.25) is 0 Å². The molecule has 0 atom stereocenters. The third kappa shape index (κ3) is 4.42. The molecule has 0 radical (unpaired) electrons. The summed E-state index contributed by atoms with van der Waals surface area (Å²) in [7, 11) is -2.04. The smallest absolute Gasteiger partial charge is 0.279 e. The van der Waals surface area contributed by atoms with Crippen molar-refractivity contribution in [1.29, 1.82) is 0 Å². The summed E-state index contributed by atoms with van der Waals surface area (Å²) in [6.07, 6.45) is 0. The maximum Gasteiger partial charge on any atom is 0.279 e.